The van der Waals surface area contributed by atoms with Crippen molar-refractivity contribution in [2.75, 3.05) is 13.2 Å². The lowest BCUT2D eigenvalue weighted by molar-refractivity contribution is 0.101. The molecule has 0 saturated carbocycles. The van der Waals surface area contributed by atoms with Gasteiger partial charge >= 0.3 is 0 Å². The van der Waals surface area contributed by atoms with Gasteiger partial charge in [-0.25, -0.2) is 0 Å². The van der Waals surface area contributed by atoms with Crippen LogP contribution in [0.5, 0.6) is 17.2 Å². The van der Waals surface area contributed by atoms with Crippen molar-refractivity contribution < 1.29 is 19.0 Å². The maximum absolute atomic E-state index is 12.6. The minimum absolute atomic E-state index is 0.0927. The Morgan fingerprint density at radius 2 is 1.88 bits per heavy atom. The summed E-state index contributed by atoms with van der Waals surface area (Å²) < 4.78 is 17.2. The molecule has 0 radical (unpaired) electrons. The van der Waals surface area contributed by atoms with Crippen molar-refractivity contribution >= 4 is 11.9 Å². The fraction of sp³-hybridized carbons (Fsp3) is 0.318. The largest absolute Gasteiger partial charge is 0.490 e. The zero-order valence-corrected chi connectivity index (χ0v) is 15.5. The number of benzene rings is 2. The van der Waals surface area contributed by atoms with Crippen molar-refractivity contribution in [3.05, 3.63) is 58.8 Å². The highest BCUT2D eigenvalue weighted by Crippen LogP contribution is 2.34. The first-order chi connectivity index (χ1) is 12.6. The van der Waals surface area contributed by atoms with Gasteiger partial charge in [-0.1, -0.05) is 31.0 Å². The van der Waals surface area contributed by atoms with Crippen LogP contribution in [-0.2, 0) is 0 Å². The number of rotatable bonds is 7. The van der Waals surface area contributed by atoms with Crippen molar-refractivity contribution in [3.63, 3.8) is 0 Å². The van der Waals surface area contributed by atoms with Gasteiger partial charge in [-0.05, 0) is 56.2 Å². The maximum atomic E-state index is 12.6. The Bertz CT molecular complexity index is 836. The molecule has 0 bridgehead atoms. The predicted molar refractivity (Wildman–Crippen MR) is 102 cm³/mol. The predicted octanol–water partition coefficient (Wildman–Crippen LogP) is 5.19. The Kier molecular flexibility index (Phi) is 5.61. The number of allylic oxidation sites excluding steroid dienone is 1. The molecule has 136 valence electrons. The van der Waals surface area contributed by atoms with Gasteiger partial charge in [0.05, 0.1) is 18.8 Å². The van der Waals surface area contributed by atoms with Crippen LogP contribution >= 0.6 is 0 Å². The lowest BCUT2D eigenvalue weighted by Crippen LogP contribution is -2.01. The maximum Gasteiger partial charge on any atom is 0.231 e. The molecule has 1 aliphatic rings. The number of Topliss-reactive ketones (excluding diaryl/α,β-unsaturated/α-hetero) is 1. The number of carbonyl (C=O) groups excluding carboxylic acids is 1. The standard InChI is InChI=1S/C22H24O4/c1-4-6-11-25-19-10-8-16(13-20(19)24-5-2)14-21-22(23)17-12-15(3)7-9-18(17)26-21/h7-10,12-14H,4-6,11H2,1-3H3/b21-14-. The minimum Gasteiger partial charge on any atom is -0.490 e. The molecule has 0 aliphatic carbocycles. The van der Waals surface area contributed by atoms with E-state index in [0.717, 1.165) is 29.7 Å². The Balaban J connectivity index is 1.84. The van der Waals surface area contributed by atoms with Crippen molar-refractivity contribution in [3.8, 4) is 17.2 Å². The first-order valence-corrected chi connectivity index (χ1v) is 9.07. The molecule has 4 nitrogen and oxygen atoms in total. The highest BCUT2D eigenvalue weighted by atomic mass is 16.5. The zero-order chi connectivity index (χ0) is 18.5. The van der Waals surface area contributed by atoms with Crippen LogP contribution < -0.4 is 14.2 Å². The Morgan fingerprint density at radius 3 is 2.65 bits per heavy atom. The summed E-state index contributed by atoms with van der Waals surface area (Å²) in [4.78, 5) is 12.6. The van der Waals surface area contributed by atoms with Gasteiger partial charge in [0.2, 0.25) is 5.78 Å². The van der Waals surface area contributed by atoms with Crippen molar-refractivity contribution in [1.29, 1.82) is 0 Å². The summed E-state index contributed by atoms with van der Waals surface area (Å²) in [5.74, 6) is 2.24. The van der Waals surface area contributed by atoms with E-state index in [-0.39, 0.29) is 5.78 Å². The lowest BCUT2D eigenvalue weighted by atomic mass is 10.1. The molecule has 0 spiro atoms. The molecule has 2 aromatic rings. The summed E-state index contributed by atoms with van der Waals surface area (Å²) in [6.45, 7) is 7.22. The molecule has 0 atom stereocenters. The number of ether oxygens (including phenoxy) is 3. The summed E-state index contributed by atoms with van der Waals surface area (Å²) in [7, 11) is 0. The van der Waals surface area contributed by atoms with Crippen LogP contribution in [0, 0.1) is 6.92 Å². The molecule has 2 aromatic carbocycles. The third-order valence-electron chi connectivity index (χ3n) is 4.14. The topological polar surface area (TPSA) is 44.8 Å². The molecule has 0 amide bonds. The van der Waals surface area contributed by atoms with Crippen LogP contribution in [-0.4, -0.2) is 19.0 Å². The van der Waals surface area contributed by atoms with Crippen LogP contribution in [0.1, 0.15) is 48.2 Å². The number of carbonyl (C=O) groups is 1. The smallest absolute Gasteiger partial charge is 0.231 e. The Hall–Kier alpha value is -2.75. The summed E-state index contributed by atoms with van der Waals surface area (Å²) in [5.41, 5.74) is 2.49. The van der Waals surface area contributed by atoms with Crippen LogP contribution in [0.4, 0.5) is 0 Å². The fourth-order valence-electron chi connectivity index (χ4n) is 2.78. The van der Waals surface area contributed by atoms with E-state index in [1.807, 2.05) is 50.2 Å². The molecular formula is C22H24O4. The molecule has 0 aromatic heterocycles. The number of hydrogen-bond donors (Lipinski definition) is 0. The summed E-state index contributed by atoms with van der Waals surface area (Å²) in [6.07, 6.45) is 3.82. The van der Waals surface area contributed by atoms with Crippen LogP contribution in [0.15, 0.2) is 42.2 Å². The summed E-state index contributed by atoms with van der Waals surface area (Å²) in [6, 6.07) is 11.3. The van der Waals surface area contributed by atoms with Crippen molar-refractivity contribution in [2.45, 2.75) is 33.6 Å². The molecule has 3 rings (SSSR count). The second-order valence-corrected chi connectivity index (χ2v) is 6.28. The van der Waals surface area contributed by atoms with Gasteiger partial charge in [0.1, 0.15) is 5.75 Å². The molecular weight excluding hydrogens is 328 g/mol. The van der Waals surface area contributed by atoms with Gasteiger partial charge < -0.3 is 14.2 Å². The average Bonchev–Trinajstić information content (AvgIpc) is 2.93. The van der Waals surface area contributed by atoms with E-state index in [1.54, 1.807) is 6.08 Å². The molecule has 0 unspecified atom stereocenters. The van der Waals surface area contributed by atoms with E-state index in [9.17, 15) is 4.79 Å². The second kappa shape index (κ2) is 8.09. The zero-order valence-electron chi connectivity index (χ0n) is 15.5. The lowest BCUT2D eigenvalue weighted by Gasteiger charge is -2.12. The summed E-state index contributed by atoms with van der Waals surface area (Å²) in [5, 5.41) is 0. The fourth-order valence-corrected chi connectivity index (χ4v) is 2.78. The Labute approximate surface area is 154 Å². The monoisotopic (exact) mass is 352 g/mol. The van der Waals surface area contributed by atoms with Gasteiger partial charge in [-0.2, -0.15) is 0 Å². The molecule has 26 heavy (non-hydrogen) atoms. The van der Waals surface area contributed by atoms with E-state index < -0.39 is 0 Å². The number of hydrogen-bond acceptors (Lipinski definition) is 4. The van der Waals surface area contributed by atoms with Gasteiger partial charge in [0.25, 0.3) is 0 Å². The SMILES string of the molecule is CCCCOc1ccc(/C=C2\Oc3ccc(C)cc3C2=O)cc1OCC. The highest BCUT2D eigenvalue weighted by Gasteiger charge is 2.27. The van der Waals surface area contributed by atoms with Crippen LogP contribution in [0.2, 0.25) is 0 Å². The quantitative estimate of drug-likeness (QED) is 0.508. The molecule has 4 heteroatoms. The molecule has 1 heterocycles. The average molecular weight is 352 g/mol. The highest BCUT2D eigenvalue weighted by molar-refractivity contribution is 6.14. The third kappa shape index (κ3) is 3.90. The van der Waals surface area contributed by atoms with Gasteiger partial charge in [0, 0.05) is 0 Å². The molecule has 0 N–H and O–H groups in total. The second-order valence-electron chi connectivity index (χ2n) is 6.28. The van der Waals surface area contributed by atoms with E-state index in [1.165, 1.54) is 0 Å². The molecule has 1 aliphatic heterocycles. The first-order valence-electron chi connectivity index (χ1n) is 9.07. The van der Waals surface area contributed by atoms with Gasteiger partial charge in [-0.15, -0.1) is 0 Å². The van der Waals surface area contributed by atoms with Crippen LogP contribution in [0.3, 0.4) is 0 Å². The molecule has 0 fully saturated rings. The van der Waals surface area contributed by atoms with Gasteiger partial charge in [-0.3, -0.25) is 4.79 Å². The van der Waals surface area contributed by atoms with E-state index in [0.29, 0.717) is 36.0 Å². The van der Waals surface area contributed by atoms with Crippen LogP contribution in [0.25, 0.3) is 6.08 Å². The number of aryl methyl sites for hydroxylation is 1. The van der Waals surface area contributed by atoms with E-state index >= 15 is 0 Å². The van der Waals surface area contributed by atoms with Crippen molar-refractivity contribution in [1.82, 2.24) is 0 Å². The molecule has 0 saturated heterocycles. The number of fused-ring (bicyclic) bond motifs is 1. The van der Waals surface area contributed by atoms with Gasteiger partial charge in [0.15, 0.2) is 17.3 Å². The van der Waals surface area contributed by atoms with E-state index in [2.05, 4.69) is 6.92 Å². The Morgan fingerprint density at radius 1 is 1.04 bits per heavy atom. The normalized spacial score (nSPS) is 14.3. The van der Waals surface area contributed by atoms with E-state index in [4.69, 9.17) is 14.2 Å². The minimum atomic E-state index is -0.0927. The number of unbranched alkanes of at least 4 members (excludes halogenated alkanes) is 1. The first kappa shape index (κ1) is 18.1. The number of ketones is 1. The van der Waals surface area contributed by atoms with Crippen molar-refractivity contribution in [2.24, 2.45) is 0 Å². The third-order valence-corrected chi connectivity index (χ3v) is 4.14. The summed E-state index contributed by atoms with van der Waals surface area (Å²) >= 11 is 0.